The number of nitrogens with one attached hydrogen (secondary N) is 1. The second-order valence-electron chi connectivity index (χ2n) is 6.77. The summed E-state index contributed by atoms with van der Waals surface area (Å²) in [5.74, 6) is 0.816. The van der Waals surface area contributed by atoms with Crippen LogP contribution < -0.4 is 15.6 Å². The number of unbranched alkanes of at least 4 members (excludes halogenated alkanes) is 1. The Bertz CT molecular complexity index is 932. The van der Waals surface area contributed by atoms with Crippen molar-refractivity contribution >= 4 is 35.7 Å². The minimum atomic E-state index is -0.0356. The number of hydrogen-bond donors (Lipinski definition) is 1. The highest BCUT2D eigenvalue weighted by molar-refractivity contribution is 5.85. The van der Waals surface area contributed by atoms with Crippen molar-refractivity contribution in [3.05, 3.63) is 70.8 Å². The predicted octanol–water partition coefficient (Wildman–Crippen LogP) is 4.50. The molecule has 3 rings (SSSR count). The van der Waals surface area contributed by atoms with Crippen molar-refractivity contribution in [1.29, 1.82) is 0 Å². The van der Waals surface area contributed by atoms with Crippen LogP contribution in [0, 0.1) is 0 Å². The van der Waals surface area contributed by atoms with E-state index in [9.17, 15) is 4.79 Å². The summed E-state index contributed by atoms with van der Waals surface area (Å²) >= 11 is 0. The average molecular weight is 438 g/mol. The quantitative estimate of drug-likeness (QED) is 0.500. The number of benzene rings is 1. The van der Waals surface area contributed by atoms with E-state index in [0.29, 0.717) is 0 Å². The first-order valence-corrected chi connectivity index (χ1v) is 9.56. The lowest BCUT2D eigenvalue weighted by atomic mass is 10.2. The molecule has 2 heterocycles. The zero-order valence-electron chi connectivity index (χ0n) is 16.8. The van der Waals surface area contributed by atoms with Crippen molar-refractivity contribution in [3.8, 4) is 5.75 Å². The first kappa shape index (κ1) is 25.0. The molecule has 0 radical (unpaired) electrons. The summed E-state index contributed by atoms with van der Waals surface area (Å²) in [6.45, 7) is 3.02. The number of pyridine rings is 2. The number of aryl methyl sites for hydroxylation is 1. The molecule has 158 valence electrons. The van der Waals surface area contributed by atoms with Crippen LogP contribution >= 0.6 is 24.8 Å². The van der Waals surface area contributed by atoms with Crippen LogP contribution in [0.1, 0.15) is 31.7 Å². The molecule has 0 aliphatic rings. The maximum atomic E-state index is 11.8. The Morgan fingerprint density at radius 1 is 1.17 bits per heavy atom. The van der Waals surface area contributed by atoms with Crippen LogP contribution in [0.2, 0.25) is 0 Å². The number of aromatic nitrogens is 2. The van der Waals surface area contributed by atoms with Crippen LogP contribution in [0.3, 0.4) is 0 Å². The van der Waals surface area contributed by atoms with Gasteiger partial charge in [0.2, 0.25) is 0 Å². The van der Waals surface area contributed by atoms with Crippen molar-refractivity contribution in [2.45, 2.75) is 38.8 Å². The van der Waals surface area contributed by atoms with Crippen molar-refractivity contribution in [2.24, 2.45) is 7.05 Å². The highest BCUT2D eigenvalue weighted by atomic mass is 35.5. The second-order valence-corrected chi connectivity index (χ2v) is 6.77. The maximum Gasteiger partial charge on any atom is 0.250 e. The van der Waals surface area contributed by atoms with E-state index in [0.717, 1.165) is 48.9 Å². The molecule has 0 bridgehead atoms. The molecule has 0 saturated carbocycles. The molecule has 0 aliphatic heterocycles. The molecule has 1 unspecified atom stereocenters. The normalized spacial score (nSPS) is 11.4. The van der Waals surface area contributed by atoms with Gasteiger partial charge in [0, 0.05) is 37.4 Å². The zero-order valence-corrected chi connectivity index (χ0v) is 18.5. The van der Waals surface area contributed by atoms with Gasteiger partial charge in [-0.2, -0.15) is 0 Å². The first-order chi connectivity index (χ1) is 13.2. The monoisotopic (exact) mass is 437 g/mol. The Kier molecular flexibility index (Phi) is 10.7. The molecule has 1 atom stereocenters. The lowest BCUT2D eigenvalue weighted by Gasteiger charge is -2.21. The molecule has 0 amide bonds. The molecule has 2 aromatic heterocycles. The SMILES string of the molecule is CCCCC(NCCc1cccnc1)Oc1ccc2c(ccc(=O)n2C)c1.Cl.Cl. The molecule has 0 saturated heterocycles. The topological polar surface area (TPSA) is 56.2 Å². The summed E-state index contributed by atoms with van der Waals surface area (Å²) in [4.78, 5) is 15.9. The largest absolute Gasteiger partial charge is 0.475 e. The Morgan fingerprint density at radius 3 is 2.72 bits per heavy atom. The van der Waals surface area contributed by atoms with Crippen LogP contribution in [0.25, 0.3) is 10.9 Å². The van der Waals surface area contributed by atoms with E-state index in [2.05, 4.69) is 23.3 Å². The van der Waals surface area contributed by atoms with Gasteiger partial charge < -0.3 is 9.30 Å². The van der Waals surface area contributed by atoms with Gasteiger partial charge in [-0.05, 0) is 55.2 Å². The van der Waals surface area contributed by atoms with E-state index in [1.54, 1.807) is 23.9 Å². The Balaban J connectivity index is 0.00000210. The molecule has 0 fully saturated rings. The van der Waals surface area contributed by atoms with Crippen LogP contribution in [0.5, 0.6) is 5.75 Å². The van der Waals surface area contributed by atoms with E-state index in [1.807, 2.05) is 36.5 Å². The van der Waals surface area contributed by atoms with Gasteiger partial charge in [0.05, 0.1) is 5.52 Å². The number of ether oxygens (including phenoxy) is 1. The fourth-order valence-corrected chi connectivity index (χ4v) is 3.12. The second kappa shape index (κ2) is 12.5. The average Bonchev–Trinajstić information content (AvgIpc) is 2.69. The first-order valence-electron chi connectivity index (χ1n) is 9.56. The minimum Gasteiger partial charge on any atom is -0.475 e. The van der Waals surface area contributed by atoms with Crippen molar-refractivity contribution in [1.82, 2.24) is 14.9 Å². The number of hydrogen-bond acceptors (Lipinski definition) is 4. The minimum absolute atomic E-state index is 0. The molecular weight excluding hydrogens is 409 g/mol. The van der Waals surface area contributed by atoms with Gasteiger partial charge in [0.25, 0.3) is 5.56 Å². The molecule has 3 aromatic rings. The number of halogens is 2. The summed E-state index contributed by atoms with van der Waals surface area (Å²) in [7, 11) is 1.79. The van der Waals surface area contributed by atoms with Crippen molar-refractivity contribution in [2.75, 3.05) is 6.54 Å². The van der Waals surface area contributed by atoms with Gasteiger partial charge in [-0.3, -0.25) is 15.1 Å². The summed E-state index contributed by atoms with van der Waals surface area (Å²) in [6, 6.07) is 13.4. The van der Waals surface area contributed by atoms with Gasteiger partial charge in [-0.25, -0.2) is 0 Å². The third-order valence-corrected chi connectivity index (χ3v) is 4.70. The summed E-state index contributed by atoms with van der Waals surface area (Å²) in [5.41, 5.74) is 2.12. The van der Waals surface area contributed by atoms with Crippen LogP contribution in [-0.2, 0) is 13.5 Å². The van der Waals surface area contributed by atoms with Crippen molar-refractivity contribution in [3.63, 3.8) is 0 Å². The van der Waals surface area contributed by atoms with E-state index in [1.165, 1.54) is 5.56 Å². The lowest BCUT2D eigenvalue weighted by Crippen LogP contribution is -2.35. The van der Waals surface area contributed by atoms with E-state index in [-0.39, 0.29) is 36.6 Å². The Hall–Kier alpha value is -2.08. The predicted molar refractivity (Wildman–Crippen MR) is 124 cm³/mol. The van der Waals surface area contributed by atoms with Gasteiger partial charge in [0.15, 0.2) is 0 Å². The van der Waals surface area contributed by atoms with E-state index in [4.69, 9.17) is 4.74 Å². The van der Waals surface area contributed by atoms with Gasteiger partial charge in [-0.15, -0.1) is 24.8 Å². The molecule has 7 heteroatoms. The summed E-state index contributed by atoms with van der Waals surface area (Å²) < 4.78 is 7.87. The van der Waals surface area contributed by atoms with Crippen molar-refractivity contribution < 1.29 is 4.74 Å². The smallest absolute Gasteiger partial charge is 0.250 e. The van der Waals surface area contributed by atoms with Gasteiger partial charge in [-0.1, -0.05) is 19.4 Å². The van der Waals surface area contributed by atoms with Crippen LogP contribution in [0.4, 0.5) is 0 Å². The molecule has 1 aromatic carbocycles. The summed E-state index contributed by atoms with van der Waals surface area (Å²) in [5, 5.41) is 4.51. The molecule has 1 N–H and O–H groups in total. The van der Waals surface area contributed by atoms with Crippen LogP contribution in [-0.4, -0.2) is 22.3 Å². The highest BCUT2D eigenvalue weighted by Crippen LogP contribution is 2.21. The maximum absolute atomic E-state index is 11.8. The third-order valence-electron chi connectivity index (χ3n) is 4.70. The Labute approximate surface area is 184 Å². The van der Waals surface area contributed by atoms with Crippen LogP contribution in [0.15, 0.2) is 59.7 Å². The zero-order chi connectivity index (χ0) is 19.1. The van der Waals surface area contributed by atoms with Gasteiger partial charge >= 0.3 is 0 Å². The lowest BCUT2D eigenvalue weighted by molar-refractivity contribution is 0.152. The third kappa shape index (κ3) is 7.03. The number of nitrogens with zero attached hydrogens (tertiary/aromatic N) is 2. The summed E-state index contributed by atoms with van der Waals surface area (Å²) in [6.07, 6.45) is 7.76. The van der Waals surface area contributed by atoms with E-state index < -0.39 is 0 Å². The van der Waals surface area contributed by atoms with E-state index >= 15 is 0 Å². The standard InChI is InChI=1S/C22H27N3O2.2ClH/c1-3-4-7-21(24-14-12-17-6-5-13-23-16-17)27-19-9-10-20-18(15-19)8-11-22(26)25(20)2;;/h5-6,8-11,13,15-16,21,24H,3-4,7,12,14H2,1-2H3;2*1H. The molecule has 0 spiro atoms. The fraction of sp³-hybridized carbons (Fsp3) is 0.364. The highest BCUT2D eigenvalue weighted by Gasteiger charge is 2.10. The molecule has 0 aliphatic carbocycles. The molecular formula is C22H29Cl2N3O2. The molecule has 29 heavy (non-hydrogen) atoms. The number of fused-ring (bicyclic) bond motifs is 1. The fourth-order valence-electron chi connectivity index (χ4n) is 3.12. The number of rotatable bonds is 9. The van der Waals surface area contributed by atoms with Gasteiger partial charge in [0.1, 0.15) is 12.0 Å². The Morgan fingerprint density at radius 2 is 2.00 bits per heavy atom. The molecule has 5 nitrogen and oxygen atoms in total.